The highest BCUT2D eigenvalue weighted by Crippen LogP contribution is 2.30. The number of benzene rings is 1. The van der Waals surface area contributed by atoms with Gasteiger partial charge in [0.2, 0.25) is 5.91 Å². The van der Waals surface area contributed by atoms with Crippen LogP contribution in [0.5, 0.6) is 0 Å². The molecule has 1 saturated carbocycles. The van der Waals surface area contributed by atoms with E-state index >= 15 is 0 Å². The molecule has 1 aliphatic rings. The van der Waals surface area contributed by atoms with Gasteiger partial charge >= 0.3 is 0 Å². The molecule has 0 spiro atoms. The highest BCUT2D eigenvalue weighted by molar-refractivity contribution is 7.09. The lowest BCUT2D eigenvalue weighted by atomic mass is 10.1. The van der Waals surface area contributed by atoms with Gasteiger partial charge in [-0.3, -0.25) is 19.3 Å². The molecule has 5 N–H and O–H groups in total. The summed E-state index contributed by atoms with van der Waals surface area (Å²) in [4.78, 5) is 39.6. The zero-order valence-electron chi connectivity index (χ0n) is 17.4. The van der Waals surface area contributed by atoms with E-state index in [-0.39, 0.29) is 28.2 Å². The molecule has 9 heteroatoms. The normalized spacial score (nSPS) is 15.0. The summed E-state index contributed by atoms with van der Waals surface area (Å²) in [5, 5.41) is 3.06. The third kappa shape index (κ3) is 4.30. The molecular formula is C21H27N5O3S. The minimum Gasteiger partial charge on any atom is -0.395 e. The molecule has 2 aromatic rings. The Hall–Kier alpha value is -2.94. The molecule has 1 aromatic carbocycles. The standard InChI is InChI=1S/C21H27N5O3S/c1-11-8-9-12(2)15(10-11)26(13(3)20(28)24-14-6-4-5-7-14)21(29)18-16(22)17(19(23)27)25-30-18/h8-10,13-14H,4-7,22H2,1-3H3,(H2,23,27)(H,24,28)/t13-/m1/s1. The largest absolute Gasteiger partial charge is 0.395 e. The van der Waals surface area contributed by atoms with Gasteiger partial charge in [0.1, 0.15) is 10.9 Å². The van der Waals surface area contributed by atoms with Crippen LogP contribution in [0.1, 0.15) is 63.9 Å². The number of nitrogens with two attached hydrogens (primary N) is 2. The quantitative estimate of drug-likeness (QED) is 0.649. The Morgan fingerprint density at radius 3 is 2.50 bits per heavy atom. The Bertz CT molecular complexity index is 981. The summed E-state index contributed by atoms with van der Waals surface area (Å²) in [7, 11) is 0. The smallest absolute Gasteiger partial charge is 0.272 e. The third-order valence-electron chi connectivity index (χ3n) is 5.47. The first-order valence-electron chi connectivity index (χ1n) is 9.96. The maximum absolute atomic E-state index is 13.5. The van der Waals surface area contributed by atoms with E-state index in [2.05, 4.69) is 9.69 Å². The number of carbonyl (C=O) groups is 3. The number of nitrogens with zero attached hydrogens (tertiary/aromatic N) is 2. The molecule has 30 heavy (non-hydrogen) atoms. The van der Waals surface area contributed by atoms with Crippen molar-refractivity contribution in [3.8, 4) is 0 Å². The summed E-state index contributed by atoms with van der Waals surface area (Å²) in [6, 6.07) is 5.05. The first-order valence-corrected chi connectivity index (χ1v) is 10.7. The van der Waals surface area contributed by atoms with Gasteiger partial charge in [0.25, 0.3) is 11.8 Å². The molecule has 0 aliphatic heterocycles. The summed E-state index contributed by atoms with van der Waals surface area (Å²) in [6.07, 6.45) is 4.07. The van der Waals surface area contributed by atoms with Gasteiger partial charge in [0, 0.05) is 11.7 Å². The van der Waals surface area contributed by atoms with E-state index in [1.807, 2.05) is 32.0 Å². The van der Waals surface area contributed by atoms with Crippen LogP contribution in [0.25, 0.3) is 0 Å². The number of hydrogen-bond acceptors (Lipinski definition) is 6. The molecule has 0 saturated heterocycles. The SMILES string of the molecule is Cc1ccc(C)c(N(C(=O)c2snc(C(N)=O)c2N)[C@H](C)C(=O)NC2CCCC2)c1. The van der Waals surface area contributed by atoms with Crippen LogP contribution >= 0.6 is 11.5 Å². The number of anilines is 2. The average molecular weight is 430 g/mol. The molecular weight excluding hydrogens is 402 g/mol. The molecule has 1 aromatic heterocycles. The van der Waals surface area contributed by atoms with Crippen molar-refractivity contribution in [2.24, 2.45) is 5.73 Å². The number of nitrogen functional groups attached to an aromatic ring is 1. The predicted molar refractivity (Wildman–Crippen MR) is 118 cm³/mol. The summed E-state index contributed by atoms with van der Waals surface area (Å²) in [5.41, 5.74) is 13.5. The van der Waals surface area contributed by atoms with Crippen molar-refractivity contribution < 1.29 is 14.4 Å². The lowest BCUT2D eigenvalue weighted by molar-refractivity contribution is -0.122. The van der Waals surface area contributed by atoms with Gasteiger partial charge in [0.05, 0.1) is 5.69 Å². The van der Waals surface area contributed by atoms with E-state index in [9.17, 15) is 14.4 Å². The maximum atomic E-state index is 13.5. The van der Waals surface area contributed by atoms with Crippen LogP contribution in [-0.2, 0) is 4.79 Å². The summed E-state index contributed by atoms with van der Waals surface area (Å²) in [6.45, 7) is 5.48. The van der Waals surface area contributed by atoms with Crippen molar-refractivity contribution in [3.63, 3.8) is 0 Å². The molecule has 0 radical (unpaired) electrons. The number of amides is 3. The van der Waals surface area contributed by atoms with Crippen molar-refractivity contribution in [1.29, 1.82) is 0 Å². The van der Waals surface area contributed by atoms with Crippen molar-refractivity contribution in [3.05, 3.63) is 39.9 Å². The second kappa shape index (κ2) is 8.83. The van der Waals surface area contributed by atoms with Gasteiger partial charge in [-0.25, -0.2) is 0 Å². The van der Waals surface area contributed by atoms with Gasteiger partial charge in [-0.2, -0.15) is 4.37 Å². The second-order valence-corrected chi connectivity index (χ2v) is 8.54. The zero-order valence-corrected chi connectivity index (χ0v) is 18.2. The molecule has 3 amide bonds. The van der Waals surface area contributed by atoms with Crippen LogP contribution in [0, 0.1) is 13.8 Å². The monoisotopic (exact) mass is 429 g/mol. The van der Waals surface area contributed by atoms with E-state index in [4.69, 9.17) is 11.5 Å². The summed E-state index contributed by atoms with van der Waals surface area (Å²) in [5.74, 6) is -1.51. The fourth-order valence-electron chi connectivity index (χ4n) is 3.72. The maximum Gasteiger partial charge on any atom is 0.272 e. The minimum absolute atomic E-state index is 0.0591. The molecule has 8 nitrogen and oxygen atoms in total. The molecule has 1 heterocycles. The van der Waals surface area contributed by atoms with Crippen LogP contribution in [0.4, 0.5) is 11.4 Å². The Labute approximate surface area is 179 Å². The highest BCUT2D eigenvalue weighted by atomic mass is 32.1. The van der Waals surface area contributed by atoms with Crippen molar-refractivity contribution >= 4 is 40.6 Å². The van der Waals surface area contributed by atoms with E-state index in [1.54, 1.807) is 6.92 Å². The fourth-order valence-corrected chi connectivity index (χ4v) is 4.46. The van der Waals surface area contributed by atoms with Crippen LogP contribution in [0.2, 0.25) is 0 Å². The summed E-state index contributed by atoms with van der Waals surface area (Å²) < 4.78 is 3.93. The molecule has 0 bridgehead atoms. The average Bonchev–Trinajstić information content (AvgIpc) is 3.33. The molecule has 1 aliphatic carbocycles. The number of aryl methyl sites for hydroxylation is 2. The first kappa shape index (κ1) is 21.8. The predicted octanol–water partition coefficient (Wildman–Crippen LogP) is 2.54. The van der Waals surface area contributed by atoms with Crippen molar-refractivity contribution in [2.45, 2.75) is 58.5 Å². The van der Waals surface area contributed by atoms with E-state index in [1.165, 1.54) is 4.90 Å². The van der Waals surface area contributed by atoms with Gasteiger partial charge in [-0.1, -0.05) is 25.0 Å². The number of nitrogens with one attached hydrogen (secondary N) is 1. The van der Waals surface area contributed by atoms with Crippen molar-refractivity contribution in [1.82, 2.24) is 9.69 Å². The van der Waals surface area contributed by atoms with Crippen LogP contribution in [0.15, 0.2) is 18.2 Å². The van der Waals surface area contributed by atoms with Gasteiger partial charge in [0.15, 0.2) is 5.69 Å². The van der Waals surface area contributed by atoms with Crippen LogP contribution in [0.3, 0.4) is 0 Å². The Morgan fingerprint density at radius 2 is 1.90 bits per heavy atom. The Morgan fingerprint density at radius 1 is 1.23 bits per heavy atom. The number of hydrogen-bond donors (Lipinski definition) is 3. The van der Waals surface area contributed by atoms with E-state index in [0.717, 1.165) is 48.3 Å². The van der Waals surface area contributed by atoms with Crippen LogP contribution < -0.4 is 21.7 Å². The third-order valence-corrected chi connectivity index (χ3v) is 6.32. The molecule has 1 atom stereocenters. The lowest BCUT2D eigenvalue weighted by Gasteiger charge is -2.30. The molecule has 3 rings (SSSR count). The number of primary amides is 1. The number of rotatable bonds is 6. The first-order chi connectivity index (χ1) is 14.2. The zero-order chi connectivity index (χ0) is 22.0. The second-order valence-electron chi connectivity index (χ2n) is 7.77. The van der Waals surface area contributed by atoms with E-state index in [0.29, 0.717) is 5.69 Å². The minimum atomic E-state index is -0.798. The van der Waals surface area contributed by atoms with Crippen LogP contribution in [-0.4, -0.2) is 34.2 Å². The number of aromatic nitrogens is 1. The lowest BCUT2D eigenvalue weighted by Crippen LogP contribution is -2.50. The topological polar surface area (TPSA) is 131 Å². The van der Waals surface area contributed by atoms with Crippen molar-refractivity contribution in [2.75, 3.05) is 10.6 Å². The van der Waals surface area contributed by atoms with Gasteiger partial charge in [-0.15, -0.1) is 0 Å². The fraction of sp³-hybridized carbons (Fsp3) is 0.429. The number of carbonyl (C=O) groups excluding carboxylic acids is 3. The molecule has 1 fully saturated rings. The molecule has 0 unspecified atom stereocenters. The van der Waals surface area contributed by atoms with Gasteiger partial charge < -0.3 is 16.8 Å². The summed E-state index contributed by atoms with van der Waals surface area (Å²) >= 11 is 0.809. The Balaban J connectivity index is 2.01. The molecule has 160 valence electrons. The highest BCUT2D eigenvalue weighted by Gasteiger charge is 2.34. The van der Waals surface area contributed by atoms with E-state index < -0.39 is 17.9 Å². The van der Waals surface area contributed by atoms with Gasteiger partial charge in [-0.05, 0) is 62.3 Å². The Kier molecular flexibility index (Phi) is 6.40.